The van der Waals surface area contributed by atoms with E-state index in [0.717, 1.165) is 10.6 Å². The van der Waals surface area contributed by atoms with Gasteiger partial charge >= 0.3 is 0 Å². The first kappa shape index (κ1) is 35.6. The summed E-state index contributed by atoms with van der Waals surface area (Å²) in [4.78, 5) is 59.3. The van der Waals surface area contributed by atoms with Crippen LogP contribution in [0.2, 0.25) is 0 Å². The Hall–Kier alpha value is -5.75. The van der Waals surface area contributed by atoms with E-state index < -0.39 is 35.4 Å². The largest absolute Gasteiger partial charge is 0.503 e. The number of aliphatic hydroxyl groups excluding tert-OH is 2. The highest BCUT2D eigenvalue weighted by molar-refractivity contribution is 7.15. The highest BCUT2D eigenvalue weighted by atomic mass is 32.1. The van der Waals surface area contributed by atoms with Crippen LogP contribution in [0.3, 0.4) is 0 Å². The summed E-state index contributed by atoms with van der Waals surface area (Å²) in [6.45, 7) is 3.96. The molecule has 2 atom stereocenters. The van der Waals surface area contributed by atoms with Crippen LogP contribution in [0.4, 0.5) is 10.3 Å². The number of aromatic nitrogens is 5. The van der Waals surface area contributed by atoms with Crippen molar-refractivity contribution in [1.29, 1.82) is 0 Å². The molecular formula is C36H27N7O6S4. The highest BCUT2D eigenvalue weighted by Crippen LogP contribution is 2.44. The molecule has 8 rings (SSSR count). The smallest absolute Gasteiger partial charge is 0.296 e. The number of Topliss-reactive ketones (excluding diaryl/α,β-unsaturated/α-hetero) is 2. The third kappa shape index (κ3) is 6.70. The normalized spacial score (nSPS) is 17.2. The summed E-state index contributed by atoms with van der Waals surface area (Å²) < 4.78 is 0. The second-order valence-electron chi connectivity index (χ2n) is 11.8. The van der Waals surface area contributed by atoms with Crippen molar-refractivity contribution in [2.45, 2.75) is 31.8 Å². The van der Waals surface area contributed by atoms with Gasteiger partial charge < -0.3 is 10.2 Å². The Labute approximate surface area is 317 Å². The van der Waals surface area contributed by atoms with Crippen molar-refractivity contribution in [3.05, 3.63) is 144 Å². The third-order valence-corrected chi connectivity index (χ3v) is 11.8. The molecule has 2 aliphatic rings. The van der Waals surface area contributed by atoms with Crippen LogP contribution in [0.25, 0.3) is 0 Å². The molecule has 0 saturated heterocycles. The van der Waals surface area contributed by atoms with Gasteiger partial charge in [-0.1, -0.05) is 85.1 Å². The van der Waals surface area contributed by atoms with Gasteiger partial charge in [-0.2, -0.15) is 0 Å². The molecule has 6 aromatic rings. The zero-order chi connectivity index (χ0) is 37.2. The monoisotopic (exact) mass is 781 g/mol. The molecule has 2 amide bonds. The van der Waals surface area contributed by atoms with Gasteiger partial charge in [-0.3, -0.25) is 34.0 Å². The number of aliphatic hydroxyl groups is 2. The third-order valence-electron chi connectivity index (χ3n) is 8.20. The van der Waals surface area contributed by atoms with Gasteiger partial charge in [0.15, 0.2) is 11.5 Å². The van der Waals surface area contributed by atoms with Gasteiger partial charge in [0, 0.05) is 18.3 Å². The molecule has 0 radical (unpaired) electrons. The van der Waals surface area contributed by atoms with E-state index in [4.69, 9.17) is 0 Å². The van der Waals surface area contributed by atoms with E-state index in [1.165, 1.54) is 60.7 Å². The van der Waals surface area contributed by atoms with E-state index in [9.17, 15) is 29.4 Å². The molecule has 0 fully saturated rings. The van der Waals surface area contributed by atoms with E-state index in [1.807, 2.05) is 44.2 Å². The van der Waals surface area contributed by atoms with Crippen LogP contribution in [-0.2, 0) is 9.59 Å². The van der Waals surface area contributed by atoms with Crippen molar-refractivity contribution in [2.75, 3.05) is 9.80 Å². The Morgan fingerprint density at radius 3 is 1.77 bits per heavy atom. The molecule has 5 aromatic heterocycles. The fourth-order valence-corrected chi connectivity index (χ4v) is 8.60. The van der Waals surface area contributed by atoms with Gasteiger partial charge in [0.25, 0.3) is 11.8 Å². The van der Waals surface area contributed by atoms with Gasteiger partial charge in [0.05, 0.1) is 33.0 Å². The number of amides is 2. The molecule has 0 bridgehead atoms. The number of hydrogen-bond acceptors (Lipinski definition) is 15. The lowest BCUT2D eigenvalue weighted by Crippen LogP contribution is -2.31. The van der Waals surface area contributed by atoms with Crippen molar-refractivity contribution < 1.29 is 29.4 Å². The van der Waals surface area contributed by atoms with Crippen LogP contribution >= 0.6 is 45.3 Å². The molecule has 0 aliphatic carbocycles. The van der Waals surface area contributed by atoms with E-state index in [2.05, 4.69) is 25.4 Å². The second kappa shape index (κ2) is 15.1. The molecule has 0 saturated carbocycles. The Morgan fingerprint density at radius 2 is 1.28 bits per heavy atom. The van der Waals surface area contributed by atoms with Crippen LogP contribution in [-0.4, -0.2) is 59.0 Å². The maximum atomic E-state index is 13.1. The lowest BCUT2D eigenvalue weighted by Gasteiger charge is -2.23. The van der Waals surface area contributed by atoms with Gasteiger partial charge in [-0.25, -0.2) is 0 Å². The molecule has 2 unspecified atom stereocenters. The minimum absolute atomic E-state index is 0.0294. The zero-order valence-electron chi connectivity index (χ0n) is 27.8. The van der Waals surface area contributed by atoms with E-state index in [0.29, 0.717) is 25.6 Å². The summed E-state index contributed by atoms with van der Waals surface area (Å²) in [5, 5.41) is 42.1. The predicted octanol–water partition coefficient (Wildman–Crippen LogP) is 7.28. The SMILES string of the molecule is CC(C)c1nnc(N2C(=O)C(O)=C(C(=O)c3cccs3)C2c2cccnc2)s1.O=C(C1=C(O)C(=O)N(c2nncs2)C1c1ccccc1)c1cccs1. The summed E-state index contributed by atoms with van der Waals surface area (Å²) in [5.74, 6) is -3.01. The lowest BCUT2D eigenvalue weighted by atomic mass is 9.96. The maximum absolute atomic E-state index is 13.1. The number of thiophene rings is 2. The first-order valence-corrected chi connectivity index (χ1v) is 19.4. The fourth-order valence-electron chi connectivity index (χ4n) is 5.78. The summed E-state index contributed by atoms with van der Waals surface area (Å²) in [5.41, 5.74) is 2.92. The summed E-state index contributed by atoms with van der Waals surface area (Å²) in [7, 11) is 0. The number of carbonyl (C=O) groups excluding carboxylic acids is 4. The lowest BCUT2D eigenvalue weighted by molar-refractivity contribution is -0.117. The second-order valence-corrected chi connectivity index (χ2v) is 15.5. The van der Waals surface area contributed by atoms with Crippen LogP contribution in [0.15, 0.2) is 118 Å². The highest BCUT2D eigenvalue weighted by Gasteiger charge is 2.47. The molecule has 266 valence electrons. The fraction of sp³-hybridized carbons (Fsp3) is 0.139. The first-order valence-electron chi connectivity index (χ1n) is 15.9. The van der Waals surface area contributed by atoms with Crippen molar-refractivity contribution in [3.8, 4) is 0 Å². The van der Waals surface area contributed by atoms with Crippen molar-refractivity contribution in [3.63, 3.8) is 0 Å². The Morgan fingerprint density at radius 1 is 0.698 bits per heavy atom. The number of ketones is 2. The van der Waals surface area contributed by atoms with Gasteiger partial charge in [-0.05, 0) is 40.1 Å². The van der Waals surface area contributed by atoms with E-state index >= 15 is 0 Å². The minimum atomic E-state index is -0.816. The molecule has 2 N–H and O–H groups in total. The predicted molar refractivity (Wildman–Crippen MR) is 202 cm³/mol. The van der Waals surface area contributed by atoms with E-state index in [-0.39, 0.29) is 28.6 Å². The van der Waals surface area contributed by atoms with Crippen molar-refractivity contribution in [2.24, 2.45) is 0 Å². The van der Waals surface area contributed by atoms with Gasteiger partial charge in [-0.15, -0.1) is 43.1 Å². The quantitative estimate of drug-likeness (QED) is 0.141. The maximum Gasteiger partial charge on any atom is 0.296 e. The summed E-state index contributed by atoms with van der Waals surface area (Å²) >= 11 is 4.97. The molecular weight excluding hydrogens is 755 g/mol. The molecule has 2 aliphatic heterocycles. The molecule has 0 spiro atoms. The standard InChI is InChI=1S/C19H16N4O3S2.C17H11N3O3S2/c1-10(2)17-21-22-19(28-17)23-14(11-5-3-7-20-9-11)13(16(25)18(23)26)15(24)12-6-4-8-27-12;21-14(11-7-4-8-24-11)12-13(10-5-2-1-3-6-10)20(16(23)15(12)22)17-19-18-9-25-17/h3-10,14,25H,1-2H3;1-9,13,22H. The van der Waals surface area contributed by atoms with Crippen LogP contribution in [0.1, 0.15) is 67.3 Å². The average molecular weight is 782 g/mol. The van der Waals surface area contributed by atoms with Gasteiger partial charge in [0.2, 0.25) is 21.8 Å². The van der Waals surface area contributed by atoms with Crippen LogP contribution in [0.5, 0.6) is 0 Å². The molecule has 17 heteroatoms. The zero-order valence-corrected chi connectivity index (χ0v) is 31.0. The Bertz CT molecular complexity index is 2340. The summed E-state index contributed by atoms with van der Waals surface area (Å²) in [6.07, 6.45) is 3.19. The average Bonchev–Trinajstić information content (AvgIpc) is 4.03. The molecule has 7 heterocycles. The number of carbonyl (C=O) groups is 4. The number of rotatable bonds is 9. The Balaban J connectivity index is 0.000000165. The van der Waals surface area contributed by atoms with Crippen LogP contribution in [0, 0.1) is 0 Å². The first-order chi connectivity index (χ1) is 25.7. The minimum Gasteiger partial charge on any atom is -0.503 e. The van der Waals surface area contributed by atoms with Crippen molar-refractivity contribution >= 4 is 79.0 Å². The number of anilines is 2. The number of benzene rings is 1. The van der Waals surface area contributed by atoms with Gasteiger partial charge in [0.1, 0.15) is 10.5 Å². The number of nitrogens with zero attached hydrogens (tertiary/aromatic N) is 7. The van der Waals surface area contributed by atoms with Crippen molar-refractivity contribution in [1.82, 2.24) is 25.4 Å². The van der Waals surface area contributed by atoms with Crippen LogP contribution < -0.4 is 9.80 Å². The number of pyridine rings is 1. The topological polar surface area (TPSA) is 180 Å². The molecule has 13 nitrogen and oxygen atoms in total. The molecule has 1 aromatic carbocycles. The Kier molecular flexibility index (Phi) is 10.1. The summed E-state index contributed by atoms with van der Waals surface area (Å²) in [6, 6.07) is 17.9. The number of hydrogen-bond donors (Lipinski definition) is 2. The van der Waals surface area contributed by atoms with E-state index in [1.54, 1.807) is 59.6 Å². The molecule has 53 heavy (non-hydrogen) atoms.